The lowest BCUT2D eigenvalue weighted by molar-refractivity contribution is -1.03. The van der Waals surface area contributed by atoms with Crippen molar-refractivity contribution in [2.24, 2.45) is 0 Å². The Morgan fingerprint density at radius 1 is 1.19 bits per heavy atom. The third kappa shape index (κ3) is 4.25. The zero-order chi connectivity index (χ0) is 15.2. The molecule has 1 aliphatic heterocycles. The maximum absolute atomic E-state index is 10.8. The molecule has 0 aliphatic carbocycles. The molecule has 1 aromatic carbocycles. The van der Waals surface area contributed by atoms with E-state index in [-0.39, 0.29) is 10.6 Å². The van der Waals surface area contributed by atoms with E-state index in [1.54, 1.807) is 28.0 Å². The number of nitrogens with one attached hydrogen (secondary N) is 2. The first-order valence-corrected chi connectivity index (χ1v) is 8.05. The fourth-order valence-electron chi connectivity index (χ4n) is 3.44. The van der Waals surface area contributed by atoms with Gasteiger partial charge in [-0.15, -0.1) is 0 Å². The van der Waals surface area contributed by atoms with Gasteiger partial charge in [0.1, 0.15) is 32.7 Å². The van der Waals surface area contributed by atoms with Gasteiger partial charge in [0.25, 0.3) is 5.69 Å². The van der Waals surface area contributed by atoms with E-state index in [1.165, 1.54) is 25.9 Å². The number of hydrogen-bond acceptors (Lipinski definition) is 2. The minimum Gasteiger partial charge on any atom is -0.323 e. The molecular weight excluding hydrogens is 266 g/mol. The van der Waals surface area contributed by atoms with Crippen LogP contribution in [0.25, 0.3) is 0 Å². The molecule has 1 aromatic rings. The lowest BCUT2D eigenvalue weighted by Gasteiger charge is -2.34. The van der Waals surface area contributed by atoms with E-state index in [4.69, 9.17) is 0 Å². The first kappa shape index (κ1) is 15.9. The van der Waals surface area contributed by atoms with Gasteiger partial charge in [-0.1, -0.05) is 26.0 Å². The van der Waals surface area contributed by atoms with Crippen molar-refractivity contribution in [1.29, 1.82) is 0 Å². The third-order valence-corrected chi connectivity index (χ3v) is 4.74. The minimum absolute atomic E-state index is 0.202. The summed E-state index contributed by atoms with van der Waals surface area (Å²) >= 11 is 0. The first-order chi connectivity index (χ1) is 10.1. The van der Waals surface area contributed by atoms with Crippen molar-refractivity contribution >= 4 is 5.69 Å². The summed E-state index contributed by atoms with van der Waals surface area (Å²) in [5, 5.41) is 10.8. The van der Waals surface area contributed by atoms with E-state index >= 15 is 0 Å². The number of non-ortho nitro benzene ring substituents is 1. The van der Waals surface area contributed by atoms with Gasteiger partial charge >= 0.3 is 0 Å². The van der Waals surface area contributed by atoms with E-state index in [1.807, 2.05) is 6.07 Å². The number of piperazine rings is 1. The Morgan fingerprint density at radius 2 is 1.86 bits per heavy atom. The smallest absolute Gasteiger partial charge is 0.269 e. The molecule has 1 heterocycles. The number of nitrogens with zero attached hydrogens (tertiary/aromatic N) is 1. The summed E-state index contributed by atoms with van der Waals surface area (Å²) in [6, 6.07) is 7.87. The highest BCUT2D eigenvalue weighted by Gasteiger charge is 2.27. The largest absolute Gasteiger partial charge is 0.323 e. The summed E-state index contributed by atoms with van der Waals surface area (Å²) in [6.07, 6.45) is 2.51. The van der Waals surface area contributed by atoms with Gasteiger partial charge < -0.3 is 9.80 Å². The number of quaternary nitrogens is 2. The fourth-order valence-corrected chi connectivity index (χ4v) is 3.44. The number of hydrogen-bond donors (Lipinski definition) is 2. The monoisotopic (exact) mass is 293 g/mol. The molecule has 1 saturated heterocycles. The van der Waals surface area contributed by atoms with E-state index in [0.717, 1.165) is 31.2 Å². The molecule has 5 heteroatoms. The maximum atomic E-state index is 10.8. The average molecular weight is 293 g/mol. The van der Waals surface area contributed by atoms with Crippen LogP contribution in [0, 0.1) is 10.1 Å². The van der Waals surface area contributed by atoms with Gasteiger partial charge in [0, 0.05) is 17.7 Å². The van der Waals surface area contributed by atoms with Crippen LogP contribution in [0.5, 0.6) is 0 Å². The lowest BCUT2D eigenvalue weighted by atomic mass is 10.1. The second-order valence-corrected chi connectivity index (χ2v) is 6.03. The Bertz CT molecular complexity index is 466. The van der Waals surface area contributed by atoms with Crippen LogP contribution >= 0.6 is 0 Å². The van der Waals surface area contributed by atoms with E-state index in [2.05, 4.69) is 13.8 Å². The van der Waals surface area contributed by atoms with Gasteiger partial charge in [-0.25, -0.2) is 0 Å². The maximum Gasteiger partial charge on any atom is 0.269 e. The molecule has 21 heavy (non-hydrogen) atoms. The van der Waals surface area contributed by atoms with Crippen LogP contribution in [0.1, 0.15) is 32.3 Å². The normalized spacial score (nSPS) is 22.4. The minimum atomic E-state index is -0.311. The molecule has 0 amide bonds. The summed E-state index contributed by atoms with van der Waals surface area (Å²) in [7, 11) is 0. The summed E-state index contributed by atoms with van der Waals surface area (Å²) < 4.78 is 0. The topological polar surface area (TPSA) is 52.0 Å². The van der Waals surface area contributed by atoms with Crippen molar-refractivity contribution in [3.63, 3.8) is 0 Å². The number of rotatable bonds is 6. The van der Waals surface area contributed by atoms with Crippen LogP contribution in [-0.2, 0) is 6.54 Å². The fraction of sp³-hybridized carbons (Fsp3) is 0.625. The van der Waals surface area contributed by atoms with Crippen molar-refractivity contribution in [3.05, 3.63) is 39.9 Å². The summed E-state index contributed by atoms with van der Waals surface area (Å²) in [5.74, 6) is 0. The molecule has 116 valence electrons. The van der Waals surface area contributed by atoms with Crippen molar-refractivity contribution in [2.75, 3.05) is 26.2 Å². The molecular formula is C16H27N3O2+2. The van der Waals surface area contributed by atoms with Gasteiger partial charge in [0.15, 0.2) is 0 Å². The molecule has 0 bridgehead atoms. The Morgan fingerprint density at radius 3 is 2.43 bits per heavy atom. The van der Waals surface area contributed by atoms with Crippen LogP contribution in [-0.4, -0.2) is 37.1 Å². The zero-order valence-electron chi connectivity index (χ0n) is 13.1. The first-order valence-electron chi connectivity index (χ1n) is 8.05. The highest BCUT2D eigenvalue weighted by atomic mass is 16.6. The number of nitro benzene ring substituents is 1. The highest BCUT2D eigenvalue weighted by molar-refractivity contribution is 5.33. The van der Waals surface area contributed by atoms with E-state index in [0.29, 0.717) is 0 Å². The third-order valence-electron chi connectivity index (χ3n) is 4.74. The second-order valence-electron chi connectivity index (χ2n) is 6.03. The quantitative estimate of drug-likeness (QED) is 0.576. The number of benzene rings is 1. The van der Waals surface area contributed by atoms with Crippen LogP contribution in [0.4, 0.5) is 5.69 Å². The van der Waals surface area contributed by atoms with Gasteiger partial charge in [0.05, 0.1) is 11.0 Å². The van der Waals surface area contributed by atoms with Crippen LogP contribution in [0.3, 0.4) is 0 Å². The Balaban J connectivity index is 1.89. The molecule has 1 fully saturated rings. The van der Waals surface area contributed by atoms with Crippen molar-refractivity contribution < 1.29 is 14.7 Å². The molecule has 0 aromatic heterocycles. The predicted molar refractivity (Wildman–Crippen MR) is 82.6 cm³/mol. The average Bonchev–Trinajstić information content (AvgIpc) is 2.50. The van der Waals surface area contributed by atoms with Gasteiger partial charge in [-0.05, 0) is 12.8 Å². The Hall–Kier alpha value is -1.46. The summed E-state index contributed by atoms with van der Waals surface area (Å²) in [5.41, 5.74) is 1.28. The van der Waals surface area contributed by atoms with Crippen LogP contribution < -0.4 is 9.80 Å². The summed E-state index contributed by atoms with van der Waals surface area (Å²) in [6.45, 7) is 10.2. The predicted octanol–water partition coefficient (Wildman–Crippen LogP) is 0.0668. The van der Waals surface area contributed by atoms with Crippen LogP contribution in [0.15, 0.2) is 24.3 Å². The van der Waals surface area contributed by atoms with Crippen molar-refractivity contribution in [1.82, 2.24) is 0 Å². The molecule has 0 radical (unpaired) electrons. The molecule has 0 atom stereocenters. The zero-order valence-corrected chi connectivity index (χ0v) is 13.1. The Kier molecular flexibility index (Phi) is 5.70. The molecule has 1 aliphatic rings. The standard InChI is InChI=1S/C16H25N3O2/c1-3-15(4-2)18-10-8-17(9-11-18)13-14-6-5-7-16(12-14)19(20)21/h5-7,12,15H,3-4,8-11,13H2,1-2H3/p+2. The van der Waals surface area contributed by atoms with Gasteiger partial charge in [-0.3, -0.25) is 10.1 Å². The highest BCUT2D eigenvalue weighted by Crippen LogP contribution is 2.12. The summed E-state index contributed by atoms with van der Waals surface area (Å²) in [4.78, 5) is 13.8. The SMILES string of the molecule is CCC(CC)[NH+]1CC[NH+](Cc2cccc([N+](=O)[O-])c2)CC1. The molecule has 2 N–H and O–H groups in total. The van der Waals surface area contributed by atoms with Gasteiger partial charge in [-0.2, -0.15) is 0 Å². The molecule has 0 saturated carbocycles. The number of nitro groups is 1. The van der Waals surface area contributed by atoms with Gasteiger partial charge in [0.2, 0.25) is 0 Å². The second kappa shape index (κ2) is 7.52. The van der Waals surface area contributed by atoms with Crippen LogP contribution in [0.2, 0.25) is 0 Å². The van der Waals surface area contributed by atoms with E-state index in [9.17, 15) is 10.1 Å². The molecule has 0 spiro atoms. The Labute approximate surface area is 126 Å². The molecule has 5 nitrogen and oxygen atoms in total. The lowest BCUT2D eigenvalue weighted by Crippen LogP contribution is -3.29. The molecule has 2 rings (SSSR count). The molecule has 0 unspecified atom stereocenters. The van der Waals surface area contributed by atoms with E-state index < -0.39 is 0 Å². The van der Waals surface area contributed by atoms with Crippen molar-refractivity contribution in [3.8, 4) is 0 Å². The van der Waals surface area contributed by atoms with Crippen molar-refractivity contribution in [2.45, 2.75) is 39.3 Å².